The molecule has 4 aromatic rings. The van der Waals surface area contributed by atoms with E-state index in [1.165, 1.54) is 13.2 Å². The Hall–Kier alpha value is -4.27. The molecule has 0 saturated carbocycles. The number of halogens is 1. The normalized spacial score (nSPS) is 12.7. The van der Waals surface area contributed by atoms with Gasteiger partial charge in [-0.15, -0.1) is 0 Å². The van der Waals surface area contributed by atoms with Crippen molar-refractivity contribution in [2.24, 2.45) is 0 Å². The Morgan fingerprint density at radius 1 is 1.24 bits per heavy atom. The molecule has 174 valence electrons. The number of hydrogen-bond acceptors (Lipinski definition) is 6. The Morgan fingerprint density at radius 2 is 2.15 bits per heavy atom. The van der Waals surface area contributed by atoms with Crippen molar-refractivity contribution in [2.45, 2.75) is 12.8 Å². The number of para-hydroxylation sites is 1. The summed E-state index contributed by atoms with van der Waals surface area (Å²) < 4.78 is 31.0. The van der Waals surface area contributed by atoms with Gasteiger partial charge in [0.25, 0.3) is 5.91 Å². The zero-order chi connectivity index (χ0) is 23.5. The van der Waals surface area contributed by atoms with Gasteiger partial charge < -0.3 is 29.5 Å². The number of hydrogen-bond donors (Lipinski definition) is 3. The van der Waals surface area contributed by atoms with Gasteiger partial charge in [0.1, 0.15) is 11.5 Å². The average Bonchev–Trinajstić information content (AvgIpc) is 3.48. The molecule has 5 rings (SSSR count). The molecule has 0 saturated heterocycles. The van der Waals surface area contributed by atoms with E-state index in [2.05, 4.69) is 20.6 Å². The van der Waals surface area contributed by atoms with Crippen LogP contribution in [0.3, 0.4) is 0 Å². The number of aromatic nitrogens is 2. The van der Waals surface area contributed by atoms with E-state index in [4.69, 9.17) is 13.9 Å². The van der Waals surface area contributed by atoms with Crippen LogP contribution < -0.4 is 20.1 Å². The smallest absolute Gasteiger partial charge is 0.255 e. The van der Waals surface area contributed by atoms with E-state index in [0.29, 0.717) is 54.4 Å². The van der Waals surface area contributed by atoms with E-state index in [-0.39, 0.29) is 11.7 Å². The molecule has 9 heteroatoms. The molecule has 0 spiro atoms. The highest BCUT2D eigenvalue weighted by Crippen LogP contribution is 2.41. The van der Waals surface area contributed by atoms with Crippen molar-refractivity contribution in [3.8, 4) is 22.8 Å². The highest BCUT2D eigenvalue weighted by atomic mass is 19.1. The lowest BCUT2D eigenvalue weighted by atomic mass is 10.0. The largest absolute Gasteiger partial charge is 0.492 e. The van der Waals surface area contributed by atoms with E-state index in [1.807, 2.05) is 18.2 Å². The van der Waals surface area contributed by atoms with Crippen LogP contribution in [0.5, 0.6) is 11.5 Å². The quantitative estimate of drug-likeness (QED) is 0.357. The van der Waals surface area contributed by atoms with Gasteiger partial charge in [0, 0.05) is 36.8 Å². The summed E-state index contributed by atoms with van der Waals surface area (Å²) in [7, 11) is 1.40. The van der Waals surface area contributed by atoms with Gasteiger partial charge in [0.2, 0.25) is 0 Å². The molecule has 1 amide bonds. The average molecular weight is 462 g/mol. The molecule has 8 nitrogen and oxygen atoms in total. The fourth-order valence-electron chi connectivity index (χ4n) is 4.07. The first-order valence-corrected chi connectivity index (χ1v) is 10.9. The number of fused-ring (bicyclic) bond motifs is 1. The Kier molecular flexibility index (Phi) is 5.90. The third-order valence-electron chi connectivity index (χ3n) is 5.64. The van der Waals surface area contributed by atoms with Crippen LogP contribution in [0.15, 0.2) is 59.5 Å². The van der Waals surface area contributed by atoms with Crippen molar-refractivity contribution in [3.05, 3.63) is 77.9 Å². The Labute approximate surface area is 195 Å². The summed E-state index contributed by atoms with van der Waals surface area (Å²) in [6, 6.07) is 10.1. The number of anilines is 2. The first-order chi connectivity index (χ1) is 16.7. The second kappa shape index (κ2) is 9.30. The van der Waals surface area contributed by atoms with Crippen LogP contribution in [-0.4, -0.2) is 36.1 Å². The Morgan fingerprint density at radius 3 is 2.97 bits per heavy atom. The molecule has 0 atom stereocenters. The minimum atomic E-state index is -0.506. The number of carbonyl (C=O) groups is 1. The van der Waals surface area contributed by atoms with Crippen molar-refractivity contribution in [2.75, 3.05) is 25.6 Å². The molecule has 1 aromatic carbocycles. The number of H-pyrrole nitrogens is 1. The number of nitrogens with one attached hydrogen (secondary N) is 3. The molecular formula is C25H23FN4O4. The standard InChI is InChI=1S/C25H23FN4O4/c1-32-24-17(26)5-2-6-19(24)30-23-21-18(8-11-28-25(21)31)29-22(23)16-7-10-27-14-20(16)34-13-9-15-4-3-12-33-15/h2-7,10,12,14,29-30H,8-9,11,13H2,1H3,(H,28,31). The molecular weight excluding hydrogens is 439 g/mol. The fraction of sp³-hybridized carbons (Fsp3) is 0.200. The SMILES string of the molecule is COc1c(F)cccc1Nc1c(-c2ccncc2OCCc2ccco2)[nH]c2c1C(=O)NCC2. The van der Waals surface area contributed by atoms with Crippen LogP contribution in [0.1, 0.15) is 21.8 Å². The van der Waals surface area contributed by atoms with Crippen molar-refractivity contribution in [1.29, 1.82) is 0 Å². The zero-order valence-corrected chi connectivity index (χ0v) is 18.5. The Balaban J connectivity index is 1.55. The number of aromatic amines is 1. The molecule has 0 fully saturated rings. The number of rotatable bonds is 8. The first kappa shape index (κ1) is 21.6. The van der Waals surface area contributed by atoms with Crippen molar-refractivity contribution in [1.82, 2.24) is 15.3 Å². The minimum Gasteiger partial charge on any atom is -0.492 e. The molecule has 3 aromatic heterocycles. The van der Waals surface area contributed by atoms with Gasteiger partial charge in [0.05, 0.1) is 48.8 Å². The molecule has 1 aliphatic heterocycles. The van der Waals surface area contributed by atoms with Crippen molar-refractivity contribution >= 4 is 17.3 Å². The van der Waals surface area contributed by atoms with Crippen LogP contribution in [0.2, 0.25) is 0 Å². The fourth-order valence-corrected chi connectivity index (χ4v) is 4.07. The minimum absolute atomic E-state index is 0.0595. The van der Waals surface area contributed by atoms with Gasteiger partial charge in [-0.2, -0.15) is 0 Å². The Bertz CT molecular complexity index is 1320. The first-order valence-electron chi connectivity index (χ1n) is 10.9. The summed E-state index contributed by atoms with van der Waals surface area (Å²) >= 11 is 0. The molecule has 0 radical (unpaired) electrons. The lowest BCUT2D eigenvalue weighted by Crippen LogP contribution is -2.31. The number of methoxy groups -OCH3 is 1. The van der Waals surface area contributed by atoms with Crippen LogP contribution >= 0.6 is 0 Å². The lowest BCUT2D eigenvalue weighted by molar-refractivity contribution is 0.0947. The maximum atomic E-state index is 14.4. The third-order valence-corrected chi connectivity index (χ3v) is 5.64. The van der Waals surface area contributed by atoms with Crippen LogP contribution in [0.4, 0.5) is 15.8 Å². The van der Waals surface area contributed by atoms with Gasteiger partial charge in [0.15, 0.2) is 11.6 Å². The number of ether oxygens (including phenoxy) is 2. The van der Waals surface area contributed by atoms with E-state index in [9.17, 15) is 9.18 Å². The number of nitrogens with zero attached hydrogens (tertiary/aromatic N) is 1. The van der Waals surface area contributed by atoms with Gasteiger partial charge in [-0.3, -0.25) is 9.78 Å². The number of pyridine rings is 1. The highest BCUT2D eigenvalue weighted by Gasteiger charge is 2.29. The zero-order valence-electron chi connectivity index (χ0n) is 18.5. The summed E-state index contributed by atoms with van der Waals surface area (Å²) in [5.74, 6) is 0.703. The van der Waals surface area contributed by atoms with Crippen molar-refractivity contribution < 1.29 is 23.1 Å². The molecule has 34 heavy (non-hydrogen) atoms. The number of amides is 1. The second-order valence-electron chi connectivity index (χ2n) is 7.73. The highest BCUT2D eigenvalue weighted by molar-refractivity contribution is 6.06. The van der Waals surface area contributed by atoms with Gasteiger partial charge in [-0.1, -0.05) is 6.07 Å². The summed E-state index contributed by atoms with van der Waals surface area (Å²) in [5, 5.41) is 6.10. The van der Waals surface area contributed by atoms with Crippen molar-refractivity contribution in [3.63, 3.8) is 0 Å². The second-order valence-corrected chi connectivity index (χ2v) is 7.73. The third kappa shape index (κ3) is 4.07. The predicted octanol–water partition coefficient (Wildman–Crippen LogP) is 4.47. The molecule has 4 heterocycles. The number of carbonyl (C=O) groups excluding carboxylic acids is 1. The van der Waals surface area contributed by atoms with E-state index in [1.54, 1.807) is 30.8 Å². The molecule has 3 N–H and O–H groups in total. The van der Waals surface area contributed by atoms with E-state index < -0.39 is 5.82 Å². The monoisotopic (exact) mass is 462 g/mol. The number of furan rings is 1. The van der Waals surface area contributed by atoms with E-state index >= 15 is 0 Å². The summed E-state index contributed by atoms with van der Waals surface area (Å²) in [6.07, 6.45) is 6.13. The maximum Gasteiger partial charge on any atom is 0.255 e. The topological polar surface area (TPSA) is 101 Å². The van der Waals surface area contributed by atoms with Gasteiger partial charge >= 0.3 is 0 Å². The van der Waals surface area contributed by atoms with Crippen LogP contribution in [0, 0.1) is 5.82 Å². The van der Waals surface area contributed by atoms with Crippen LogP contribution in [-0.2, 0) is 12.8 Å². The van der Waals surface area contributed by atoms with E-state index in [0.717, 1.165) is 17.0 Å². The summed E-state index contributed by atoms with van der Waals surface area (Å²) in [4.78, 5) is 20.4. The molecule has 0 bridgehead atoms. The molecule has 0 unspecified atom stereocenters. The van der Waals surface area contributed by atoms with Crippen LogP contribution in [0.25, 0.3) is 11.3 Å². The summed E-state index contributed by atoms with van der Waals surface area (Å²) in [5.41, 5.74) is 3.54. The van der Waals surface area contributed by atoms with Gasteiger partial charge in [-0.05, 0) is 30.3 Å². The lowest BCUT2D eigenvalue weighted by Gasteiger charge is -2.17. The predicted molar refractivity (Wildman–Crippen MR) is 124 cm³/mol. The molecule has 0 aliphatic carbocycles. The maximum absolute atomic E-state index is 14.4. The number of benzene rings is 1. The molecule has 1 aliphatic rings. The summed E-state index contributed by atoms with van der Waals surface area (Å²) in [6.45, 7) is 0.908. The van der Waals surface area contributed by atoms with Gasteiger partial charge in [-0.25, -0.2) is 4.39 Å².